The maximum atomic E-state index is 13.2. The first kappa shape index (κ1) is 35.0. The fraction of sp³-hybridized carbons (Fsp3) is 0.436. The molecule has 1 atom stereocenters. The minimum Gasteiger partial charge on any atom is -0.534 e. The SMILES string of the molecule is CC(C)(C)OC(=O)N1CCCCC1/C=C(/OC(=O)C(C)(C)C)c1ccc(O[Si](c2ccccc2)(c2ccccc2)C(C)(C)C)cc1. The van der Waals surface area contributed by atoms with Crippen LogP contribution in [0.4, 0.5) is 4.79 Å². The molecule has 3 aromatic rings. The van der Waals surface area contributed by atoms with E-state index in [0.29, 0.717) is 12.3 Å². The number of nitrogens with zero attached hydrogens (tertiary/aromatic N) is 1. The summed E-state index contributed by atoms with van der Waals surface area (Å²) in [4.78, 5) is 28.1. The third-order valence-electron chi connectivity index (χ3n) is 8.16. The van der Waals surface area contributed by atoms with Crippen LogP contribution in [0, 0.1) is 5.41 Å². The molecule has 4 rings (SSSR count). The number of ether oxygens (including phenoxy) is 2. The van der Waals surface area contributed by atoms with Gasteiger partial charge in [0.15, 0.2) is 0 Å². The zero-order valence-electron chi connectivity index (χ0n) is 29.1. The molecule has 0 radical (unpaired) electrons. The summed E-state index contributed by atoms with van der Waals surface area (Å²) in [6.45, 7) is 18.4. The minimum atomic E-state index is -2.82. The predicted octanol–water partition coefficient (Wildman–Crippen LogP) is 8.35. The van der Waals surface area contributed by atoms with Crippen molar-refractivity contribution >= 4 is 36.5 Å². The summed E-state index contributed by atoms with van der Waals surface area (Å²) in [5, 5.41) is 2.20. The molecule has 3 aromatic carbocycles. The van der Waals surface area contributed by atoms with Gasteiger partial charge >= 0.3 is 20.4 Å². The van der Waals surface area contributed by atoms with Gasteiger partial charge in [0.05, 0.1) is 11.5 Å². The van der Waals surface area contributed by atoms with E-state index in [2.05, 4.69) is 69.3 Å². The van der Waals surface area contributed by atoms with Gasteiger partial charge in [-0.25, -0.2) is 4.79 Å². The molecular weight excluding hydrogens is 591 g/mol. The van der Waals surface area contributed by atoms with Gasteiger partial charge in [-0.3, -0.25) is 4.79 Å². The molecule has 1 aliphatic rings. The Hall–Kier alpha value is -3.84. The Kier molecular flexibility index (Phi) is 10.6. The highest BCUT2D eigenvalue weighted by atomic mass is 28.4. The lowest BCUT2D eigenvalue weighted by molar-refractivity contribution is -0.145. The molecular formula is C39H51NO5Si. The van der Waals surface area contributed by atoms with Gasteiger partial charge in [0, 0.05) is 12.1 Å². The van der Waals surface area contributed by atoms with E-state index in [1.165, 1.54) is 10.4 Å². The van der Waals surface area contributed by atoms with Crippen LogP contribution in [0.25, 0.3) is 5.76 Å². The highest BCUT2D eigenvalue weighted by molar-refractivity contribution is 7.00. The van der Waals surface area contributed by atoms with Crippen molar-refractivity contribution in [1.29, 1.82) is 0 Å². The Morgan fingerprint density at radius 1 is 0.761 bits per heavy atom. The predicted molar refractivity (Wildman–Crippen MR) is 189 cm³/mol. The van der Waals surface area contributed by atoms with Crippen LogP contribution < -0.4 is 14.8 Å². The van der Waals surface area contributed by atoms with Gasteiger partial charge in [0.2, 0.25) is 0 Å². The number of hydrogen-bond donors (Lipinski definition) is 0. The van der Waals surface area contributed by atoms with E-state index in [9.17, 15) is 9.59 Å². The molecule has 1 amide bonds. The smallest absolute Gasteiger partial charge is 0.410 e. The van der Waals surface area contributed by atoms with E-state index in [0.717, 1.165) is 30.6 Å². The topological polar surface area (TPSA) is 65.1 Å². The highest BCUT2D eigenvalue weighted by Gasteiger charge is 2.52. The number of hydrogen-bond acceptors (Lipinski definition) is 5. The molecule has 246 valence electrons. The maximum Gasteiger partial charge on any atom is 0.410 e. The minimum absolute atomic E-state index is 0.187. The lowest BCUT2D eigenvalue weighted by Crippen LogP contribution is -2.68. The van der Waals surface area contributed by atoms with E-state index < -0.39 is 19.3 Å². The number of amides is 1. The van der Waals surface area contributed by atoms with Crippen LogP contribution in [0.15, 0.2) is 91.0 Å². The monoisotopic (exact) mass is 641 g/mol. The first-order valence-electron chi connectivity index (χ1n) is 16.4. The first-order valence-corrected chi connectivity index (χ1v) is 18.3. The first-order chi connectivity index (χ1) is 21.5. The lowest BCUT2D eigenvalue weighted by Gasteiger charge is -2.43. The standard InChI is InChI=1S/C39H51NO5Si/c1-37(2,3)35(41)43-34(28-30-18-16-17-27-40(30)36(42)44-38(4,5)6)29-23-25-31(26-24-29)45-46(39(7,8)9,32-19-12-10-13-20-32)33-21-14-11-15-22-33/h10-15,19-26,28,30H,16-18,27H2,1-9H3/b34-28+. The summed E-state index contributed by atoms with van der Waals surface area (Å²) in [6.07, 6.45) is 4.17. The fourth-order valence-corrected chi connectivity index (χ4v) is 10.2. The highest BCUT2D eigenvalue weighted by Crippen LogP contribution is 2.38. The summed E-state index contributed by atoms with van der Waals surface area (Å²) in [6, 6.07) is 28.6. The number of benzene rings is 3. The van der Waals surface area contributed by atoms with Crippen LogP contribution in [0.1, 0.15) is 87.1 Å². The normalized spacial score (nSPS) is 16.5. The Balaban J connectivity index is 1.75. The largest absolute Gasteiger partial charge is 0.534 e. The average molecular weight is 642 g/mol. The maximum absolute atomic E-state index is 13.2. The van der Waals surface area contributed by atoms with Crippen LogP contribution >= 0.6 is 0 Å². The van der Waals surface area contributed by atoms with Crippen LogP contribution in [-0.2, 0) is 14.3 Å². The van der Waals surface area contributed by atoms with Crippen molar-refractivity contribution in [1.82, 2.24) is 4.90 Å². The number of esters is 1. The number of likely N-dealkylation sites (tertiary alicyclic amines) is 1. The number of piperidine rings is 1. The van der Waals surface area contributed by atoms with Crippen molar-refractivity contribution in [3.05, 3.63) is 96.6 Å². The van der Waals surface area contributed by atoms with E-state index >= 15 is 0 Å². The van der Waals surface area contributed by atoms with E-state index in [-0.39, 0.29) is 23.1 Å². The van der Waals surface area contributed by atoms with Crippen molar-refractivity contribution in [3.63, 3.8) is 0 Å². The molecule has 0 spiro atoms. The third kappa shape index (κ3) is 8.29. The van der Waals surface area contributed by atoms with Gasteiger partial charge in [0.1, 0.15) is 17.1 Å². The van der Waals surface area contributed by atoms with Crippen molar-refractivity contribution in [3.8, 4) is 5.75 Å². The van der Waals surface area contributed by atoms with Crippen LogP contribution in [-0.4, -0.2) is 43.5 Å². The van der Waals surface area contributed by atoms with Crippen molar-refractivity contribution in [2.75, 3.05) is 6.54 Å². The number of rotatable bonds is 7. The molecule has 7 heteroatoms. The van der Waals surface area contributed by atoms with Crippen LogP contribution in [0.3, 0.4) is 0 Å². The molecule has 0 aromatic heterocycles. The van der Waals surface area contributed by atoms with Gasteiger partial charge in [-0.2, -0.15) is 0 Å². The average Bonchev–Trinajstić information content (AvgIpc) is 2.99. The molecule has 1 aliphatic heterocycles. The Morgan fingerprint density at radius 2 is 1.30 bits per heavy atom. The molecule has 0 saturated carbocycles. The van der Waals surface area contributed by atoms with E-state index in [4.69, 9.17) is 13.9 Å². The van der Waals surface area contributed by atoms with Gasteiger partial charge in [0.25, 0.3) is 0 Å². The van der Waals surface area contributed by atoms with Gasteiger partial charge in [-0.1, -0.05) is 81.4 Å². The van der Waals surface area contributed by atoms with Crippen molar-refractivity contribution in [2.45, 2.75) is 98.3 Å². The molecule has 46 heavy (non-hydrogen) atoms. The Labute approximate surface area is 276 Å². The second-order valence-electron chi connectivity index (χ2n) is 15.2. The molecule has 6 nitrogen and oxygen atoms in total. The van der Waals surface area contributed by atoms with Gasteiger partial charge < -0.3 is 18.8 Å². The Bertz CT molecular complexity index is 1460. The third-order valence-corrected chi connectivity index (χ3v) is 13.1. The molecule has 0 aliphatic carbocycles. The van der Waals surface area contributed by atoms with Gasteiger partial charge in [-0.15, -0.1) is 0 Å². The van der Waals surface area contributed by atoms with Crippen LogP contribution in [0.2, 0.25) is 5.04 Å². The fourth-order valence-electron chi connectivity index (χ4n) is 5.81. The second kappa shape index (κ2) is 13.9. The molecule has 1 saturated heterocycles. The zero-order valence-corrected chi connectivity index (χ0v) is 30.1. The van der Waals surface area contributed by atoms with E-state index in [1.807, 2.05) is 84.0 Å². The van der Waals surface area contributed by atoms with Crippen molar-refractivity contribution in [2.24, 2.45) is 5.41 Å². The molecule has 1 heterocycles. The Morgan fingerprint density at radius 3 is 1.78 bits per heavy atom. The molecule has 1 unspecified atom stereocenters. The lowest BCUT2D eigenvalue weighted by atomic mass is 9.97. The summed E-state index contributed by atoms with van der Waals surface area (Å²) >= 11 is 0. The molecule has 0 bridgehead atoms. The molecule has 1 fully saturated rings. The summed E-state index contributed by atoms with van der Waals surface area (Å²) in [5.41, 5.74) is -0.573. The number of carbonyl (C=O) groups is 2. The molecule has 0 N–H and O–H groups in total. The van der Waals surface area contributed by atoms with Crippen LogP contribution in [0.5, 0.6) is 5.75 Å². The quantitative estimate of drug-likeness (QED) is 0.147. The van der Waals surface area contributed by atoms with E-state index in [1.54, 1.807) is 4.90 Å². The zero-order chi connectivity index (χ0) is 33.8. The second-order valence-corrected chi connectivity index (χ2v) is 19.4. The summed E-state index contributed by atoms with van der Waals surface area (Å²) in [7, 11) is -2.82. The van der Waals surface area contributed by atoms with Crippen molar-refractivity contribution < 1.29 is 23.5 Å². The number of carbonyl (C=O) groups excluding carboxylic acids is 2. The van der Waals surface area contributed by atoms with Gasteiger partial charge in [-0.05, 0) is 107 Å². The summed E-state index contributed by atoms with van der Waals surface area (Å²) in [5.74, 6) is 0.830. The summed E-state index contributed by atoms with van der Waals surface area (Å²) < 4.78 is 19.0.